The Morgan fingerprint density at radius 3 is 2.65 bits per heavy atom. The summed E-state index contributed by atoms with van der Waals surface area (Å²) in [6.45, 7) is 0.744. The molecule has 0 amide bonds. The molecule has 0 spiro atoms. The van der Waals surface area contributed by atoms with Crippen molar-refractivity contribution in [2.75, 3.05) is 20.3 Å². The van der Waals surface area contributed by atoms with Gasteiger partial charge in [0.1, 0.15) is 0 Å². The minimum Gasteiger partial charge on any atom is -0.383 e. The van der Waals surface area contributed by atoms with Crippen LogP contribution in [-0.2, 0) is 20.6 Å². The lowest BCUT2D eigenvalue weighted by atomic mass is 10.2. The summed E-state index contributed by atoms with van der Waals surface area (Å²) in [7, 11) is -1.96. The monoisotopic (exact) mass is 337 g/mol. The van der Waals surface area contributed by atoms with Crippen LogP contribution in [0.15, 0.2) is 23.1 Å². The molecule has 1 aliphatic rings. The van der Waals surface area contributed by atoms with E-state index in [1.54, 1.807) is 19.2 Å². The first-order valence-corrected chi connectivity index (χ1v) is 8.71. The fourth-order valence-electron chi connectivity index (χ4n) is 1.99. The van der Waals surface area contributed by atoms with Crippen LogP contribution in [0, 0.1) is 0 Å². The van der Waals surface area contributed by atoms with Crippen LogP contribution >= 0.6 is 23.2 Å². The highest BCUT2D eigenvalue weighted by Gasteiger charge is 2.37. The summed E-state index contributed by atoms with van der Waals surface area (Å²) in [6, 6.07) is 4.74. The van der Waals surface area contributed by atoms with E-state index in [1.165, 1.54) is 10.4 Å². The van der Waals surface area contributed by atoms with E-state index in [4.69, 9.17) is 27.9 Å². The standard InChI is InChI=1S/C13H17Cl2NO3S/c1-19-7-6-16(11-2-3-11)20(17,18)12-4-5-13(15)10(8-12)9-14/h4-5,8,11H,2-3,6-7,9H2,1H3. The molecule has 112 valence electrons. The summed E-state index contributed by atoms with van der Waals surface area (Å²) in [6.07, 6.45) is 1.80. The Balaban J connectivity index is 2.32. The summed E-state index contributed by atoms with van der Waals surface area (Å²) in [5.41, 5.74) is 0.622. The highest BCUT2D eigenvalue weighted by atomic mass is 35.5. The average molecular weight is 338 g/mol. The van der Waals surface area contributed by atoms with Crippen LogP contribution in [-0.4, -0.2) is 39.0 Å². The van der Waals surface area contributed by atoms with Gasteiger partial charge in [0.25, 0.3) is 0 Å². The van der Waals surface area contributed by atoms with Gasteiger partial charge < -0.3 is 4.74 Å². The van der Waals surface area contributed by atoms with E-state index in [0.717, 1.165) is 12.8 Å². The molecule has 0 bridgehead atoms. The van der Waals surface area contributed by atoms with Crippen LogP contribution in [0.25, 0.3) is 0 Å². The van der Waals surface area contributed by atoms with E-state index < -0.39 is 10.0 Å². The van der Waals surface area contributed by atoms with Crippen LogP contribution in [0.1, 0.15) is 18.4 Å². The third-order valence-corrected chi connectivity index (χ3v) is 5.84. The molecule has 0 aliphatic heterocycles. The molecule has 0 saturated heterocycles. The summed E-state index contributed by atoms with van der Waals surface area (Å²) in [5, 5.41) is 0.480. The number of halogens is 2. The number of nitrogens with zero attached hydrogens (tertiary/aromatic N) is 1. The van der Waals surface area contributed by atoms with Gasteiger partial charge >= 0.3 is 0 Å². The quantitative estimate of drug-likeness (QED) is 0.718. The minimum atomic E-state index is -3.52. The smallest absolute Gasteiger partial charge is 0.243 e. The number of hydrogen-bond acceptors (Lipinski definition) is 3. The van der Waals surface area contributed by atoms with Crippen molar-refractivity contribution in [1.29, 1.82) is 0 Å². The van der Waals surface area contributed by atoms with Gasteiger partial charge in [-0.1, -0.05) is 11.6 Å². The fourth-order valence-corrected chi connectivity index (χ4v) is 4.19. The molecule has 1 fully saturated rings. The van der Waals surface area contributed by atoms with Gasteiger partial charge in [-0.05, 0) is 36.6 Å². The predicted molar refractivity (Wildman–Crippen MR) is 79.8 cm³/mol. The van der Waals surface area contributed by atoms with Crippen molar-refractivity contribution in [1.82, 2.24) is 4.31 Å². The maximum Gasteiger partial charge on any atom is 0.243 e. The molecule has 0 N–H and O–H groups in total. The Morgan fingerprint density at radius 1 is 1.40 bits per heavy atom. The Hall–Kier alpha value is -0.330. The number of hydrogen-bond donors (Lipinski definition) is 0. The predicted octanol–water partition coefficient (Wildman–Crippen LogP) is 2.88. The molecule has 1 aromatic rings. The third-order valence-electron chi connectivity index (χ3n) is 3.24. The molecule has 1 saturated carbocycles. The lowest BCUT2D eigenvalue weighted by Crippen LogP contribution is -2.35. The van der Waals surface area contributed by atoms with Crippen molar-refractivity contribution in [2.24, 2.45) is 0 Å². The molecule has 0 radical (unpaired) electrons. The van der Waals surface area contributed by atoms with Crippen molar-refractivity contribution in [3.63, 3.8) is 0 Å². The van der Waals surface area contributed by atoms with E-state index in [9.17, 15) is 8.42 Å². The zero-order valence-corrected chi connectivity index (χ0v) is 13.5. The van der Waals surface area contributed by atoms with E-state index >= 15 is 0 Å². The first kappa shape index (κ1) is 16.0. The number of ether oxygens (including phenoxy) is 1. The van der Waals surface area contributed by atoms with Crippen molar-refractivity contribution >= 4 is 33.2 Å². The van der Waals surface area contributed by atoms with E-state index in [0.29, 0.717) is 23.7 Å². The Kier molecular flexibility index (Phi) is 5.31. The highest BCUT2D eigenvalue weighted by Crippen LogP contribution is 2.33. The van der Waals surface area contributed by atoms with Crippen LogP contribution in [0.2, 0.25) is 5.02 Å². The Morgan fingerprint density at radius 2 is 2.10 bits per heavy atom. The second-order valence-corrected chi connectivity index (χ2v) is 7.29. The van der Waals surface area contributed by atoms with Crippen LogP contribution < -0.4 is 0 Å². The largest absolute Gasteiger partial charge is 0.383 e. The van der Waals surface area contributed by atoms with Gasteiger partial charge in [0.2, 0.25) is 10.0 Å². The van der Waals surface area contributed by atoms with Crippen molar-refractivity contribution in [3.8, 4) is 0 Å². The number of rotatable bonds is 7. The molecule has 0 heterocycles. The van der Waals surface area contributed by atoms with Gasteiger partial charge in [0.05, 0.1) is 11.5 Å². The molecule has 7 heteroatoms. The summed E-state index contributed by atoms with van der Waals surface area (Å²) < 4.78 is 31.9. The lowest BCUT2D eigenvalue weighted by Gasteiger charge is -2.22. The minimum absolute atomic E-state index is 0.0882. The Labute approximate surface area is 129 Å². The van der Waals surface area contributed by atoms with Gasteiger partial charge in [-0.3, -0.25) is 0 Å². The molecule has 1 aromatic carbocycles. The zero-order valence-electron chi connectivity index (χ0n) is 11.2. The van der Waals surface area contributed by atoms with Crippen LogP contribution in [0.4, 0.5) is 0 Å². The summed E-state index contributed by atoms with van der Waals surface area (Å²) in [5.74, 6) is 0.184. The first-order chi connectivity index (χ1) is 9.50. The third kappa shape index (κ3) is 3.46. The summed E-state index contributed by atoms with van der Waals surface area (Å²) in [4.78, 5) is 0.237. The topological polar surface area (TPSA) is 46.6 Å². The summed E-state index contributed by atoms with van der Waals surface area (Å²) >= 11 is 11.8. The number of methoxy groups -OCH3 is 1. The van der Waals surface area contributed by atoms with Gasteiger partial charge in [-0.25, -0.2) is 8.42 Å². The molecule has 20 heavy (non-hydrogen) atoms. The Bertz CT molecular complexity index is 573. The molecule has 2 rings (SSSR count). The maximum absolute atomic E-state index is 12.7. The number of alkyl halides is 1. The highest BCUT2D eigenvalue weighted by molar-refractivity contribution is 7.89. The molecule has 0 aromatic heterocycles. The number of sulfonamides is 1. The van der Waals surface area contributed by atoms with Gasteiger partial charge in [0, 0.05) is 30.6 Å². The lowest BCUT2D eigenvalue weighted by molar-refractivity contribution is 0.177. The molecular weight excluding hydrogens is 321 g/mol. The van der Waals surface area contributed by atoms with Crippen LogP contribution in [0.3, 0.4) is 0 Å². The van der Waals surface area contributed by atoms with Crippen molar-refractivity contribution < 1.29 is 13.2 Å². The normalized spacial score (nSPS) is 15.8. The molecular formula is C13H17Cl2NO3S. The van der Waals surface area contributed by atoms with E-state index in [1.807, 2.05) is 0 Å². The van der Waals surface area contributed by atoms with Crippen molar-refractivity contribution in [2.45, 2.75) is 29.7 Å². The molecule has 1 aliphatic carbocycles. The van der Waals surface area contributed by atoms with Gasteiger partial charge in [-0.2, -0.15) is 4.31 Å². The van der Waals surface area contributed by atoms with E-state index in [2.05, 4.69) is 0 Å². The van der Waals surface area contributed by atoms with Crippen molar-refractivity contribution in [3.05, 3.63) is 28.8 Å². The SMILES string of the molecule is COCCN(C1CC1)S(=O)(=O)c1ccc(Cl)c(CCl)c1. The number of benzene rings is 1. The maximum atomic E-state index is 12.7. The second-order valence-electron chi connectivity index (χ2n) is 4.73. The molecule has 0 atom stereocenters. The molecule has 0 unspecified atom stereocenters. The average Bonchev–Trinajstić information content (AvgIpc) is 3.24. The molecule has 4 nitrogen and oxygen atoms in total. The van der Waals surface area contributed by atoms with Gasteiger partial charge in [0.15, 0.2) is 0 Å². The van der Waals surface area contributed by atoms with Gasteiger partial charge in [-0.15, -0.1) is 11.6 Å². The first-order valence-electron chi connectivity index (χ1n) is 6.36. The van der Waals surface area contributed by atoms with Crippen LogP contribution in [0.5, 0.6) is 0 Å². The fraction of sp³-hybridized carbons (Fsp3) is 0.538. The van der Waals surface area contributed by atoms with E-state index in [-0.39, 0.29) is 16.8 Å². The zero-order chi connectivity index (χ0) is 14.8. The second kappa shape index (κ2) is 6.62.